The van der Waals surface area contributed by atoms with E-state index in [4.69, 9.17) is 5.73 Å². The van der Waals surface area contributed by atoms with Crippen LogP contribution < -0.4 is 5.73 Å². The van der Waals surface area contributed by atoms with Crippen LogP contribution in [0.2, 0.25) is 0 Å². The minimum atomic E-state index is 0.216. The summed E-state index contributed by atoms with van der Waals surface area (Å²) in [5.74, 6) is 0.299. The van der Waals surface area contributed by atoms with Gasteiger partial charge in [0.2, 0.25) is 5.91 Å². The molecule has 0 heterocycles. The first kappa shape index (κ1) is 13.5. The van der Waals surface area contributed by atoms with E-state index in [0.29, 0.717) is 18.4 Å². The van der Waals surface area contributed by atoms with Crippen LogP contribution in [0.3, 0.4) is 0 Å². The molecule has 0 aromatic rings. The van der Waals surface area contributed by atoms with Crippen molar-refractivity contribution < 1.29 is 4.79 Å². The molecule has 1 aliphatic rings. The summed E-state index contributed by atoms with van der Waals surface area (Å²) >= 11 is 0. The Morgan fingerprint density at radius 1 is 1.38 bits per heavy atom. The van der Waals surface area contributed by atoms with Crippen molar-refractivity contribution in [3.05, 3.63) is 0 Å². The van der Waals surface area contributed by atoms with Gasteiger partial charge in [0.15, 0.2) is 0 Å². The third kappa shape index (κ3) is 4.52. The van der Waals surface area contributed by atoms with Gasteiger partial charge in [-0.3, -0.25) is 4.79 Å². The number of nitrogens with two attached hydrogens (primary N) is 1. The molecular weight excluding hydrogens is 200 g/mol. The molecule has 16 heavy (non-hydrogen) atoms. The number of carbonyl (C=O) groups is 1. The van der Waals surface area contributed by atoms with Crippen molar-refractivity contribution in [1.82, 2.24) is 4.90 Å². The zero-order valence-corrected chi connectivity index (χ0v) is 10.7. The van der Waals surface area contributed by atoms with E-state index in [1.54, 1.807) is 0 Å². The first-order valence-electron chi connectivity index (χ1n) is 6.62. The molecule has 1 fully saturated rings. The number of hydrogen-bond acceptors (Lipinski definition) is 2. The van der Waals surface area contributed by atoms with Crippen LogP contribution in [0.1, 0.15) is 58.3 Å². The summed E-state index contributed by atoms with van der Waals surface area (Å²) < 4.78 is 0. The second kappa shape index (κ2) is 6.89. The van der Waals surface area contributed by atoms with Crippen LogP contribution in [0.4, 0.5) is 0 Å². The van der Waals surface area contributed by atoms with Gasteiger partial charge >= 0.3 is 0 Å². The molecule has 1 rings (SSSR count). The second-order valence-electron chi connectivity index (χ2n) is 5.17. The lowest BCUT2D eigenvalue weighted by atomic mass is 9.94. The van der Waals surface area contributed by atoms with Gasteiger partial charge in [-0.15, -0.1) is 0 Å². The summed E-state index contributed by atoms with van der Waals surface area (Å²) in [5.41, 5.74) is 5.67. The maximum Gasteiger partial charge on any atom is 0.222 e. The van der Waals surface area contributed by atoms with E-state index in [2.05, 4.69) is 0 Å². The minimum absolute atomic E-state index is 0.216. The van der Waals surface area contributed by atoms with Crippen LogP contribution in [0.15, 0.2) is 0 Å². The Balaban J connectivity index is 2.23. The molecule has 94 valence electrons. The van der Waals surface area contributed by atoms with Crippen molar-refractivity contribution in [3.8, 4) is 0 Å². The Kier molecular flexibility index (Phi) is 5.81. The Hall–Kier alpha value is -0.570. The number of carbonyl (C=O) groups excluding carboxylic acids is 1. The third-order valence-corrected chi connectivity index (χ3v) is 3.57. The topological polar surface area (TPSA) is 46.3 Å². The second-order valence-corrected chi connectivity index (χ2v) is 5.17. The van der Waals surface area contributed by atoms with Gasteiger partial charge in [-0.25, -0.2) is 0 Å². The van der Waals surface area contributed by atoms with Crippen molar-refractivity contribution in [2.75, 3.05) is 7.05 Å². The van der Waals surface area contributed by atoms with Gasteiger partial charge in [0.25, 0.3) is 0 Å². The number of amides is 1. The summed E-state index contributed by atoms with van der Waals surface area (Å²) in [6.07, 6.45) is 8.81. The van der Waals surface area contributed by atoms with Gasteiger partial charge in [-0.1, -0.05) is 19.3 Å². The van der Waals surface area contributed by atoms with Crippen LogP contribution in [0, 0.1) is 0 Å². The van der Waals surface area contributed by atoms with Crippen LogP contribution in [0.25, 0.3) is 0 Å². The molecule has 0 bridgehead atoms. The molecule has 1 saturated carbocycles. The van der Waals surface area contributed by atoms with Crippen molar-refractivity contribution in [2.24, 2.45) is 5.73 Å². The van der Waals surface area contributed by atoms with Crippen molar-refractivity contribution >= 4 is 5.91 Å². The summed E-state index contributed by atoms with van der Waals surface area (Å²) in [5, 5.41) is 0. The summed E-state index contributed by atoms with van der Waals surface area (Å²) in [4.78, 5) is 13.9. The average molecular weight is 226 g/mol. The Morgan fingerprint density at radius 2 is 2.00 bits per heavy atom. The molecule has 1 amide bonds. The van der Waals surface area contributed by atoms with E-state index < -0.39 is 0 Å². The van der Waals surface area contributed by atoms with Gasteiger partial charge in [-0.2, -0.15) is 0 Å². The molecule has 1 aliphatic carbocycles. The fourth-order valence-electron chi connectivity index (χ4n) is 2.42. The predicted octanol–water partition coefficient (Wildman–Crippen LogP) is 2.29. The molecule has 0 aromatic heterocycles. The molecule has 0 spiro atoms. The molecule has 0 saturated heterocycles. The minimum Gasteiger partial charge on any atom is -0.343 e. The van der Waals surface area contributed by atoms with Crippen LogP contribution in [-0.2, 0) is 4.79 Å². The molecule has 1 atom stereocenters. The number of nitrogens with zero attached hydrogens (tertiary/aromatic N) is 1. The van der Waals surface area contributed by atoms with Gasteiger partial charge in [-0.05, 0) is 32.6 Å². The molecule has 3 heteroatoms. The monoisotopic (exact) mass is 226 g/mol. The predicted molar refractivity (Wildman–Crippen MR) is 67.1 cm³/mol. The molecular formula is C13H26N2O. The fourth-order valence-corrected chi connectivity index (χ4v) is 2.42. The highest BCUT2D eigenvalue weighted by atomic mass is 16.2. The smallest absolute Gasteiger partial charge is 0.222 e. The van der Waals surface area contributed by atoms with Crippen LogP contribution in [0.5, 0.6) is 0 Å². The SMILES string of the molecule is CC(N)CCCC(=O)N(C)C1CCCCC1. The van der Waals surface area contributed by atoms with Crippen molar-refractivity contribution in [3.63, 3.8) is 0 Å². The standard InChI is InChI=1S/C13H26N2O/c1-11(14)7-6-10-13(16)15(2)12-8-4-3-5-9-12/h11-12H,3-10,14H2,1-2H3. The van der Waals surface area contributed by atoms with Gasteiger partial charge < -0.3 is 10.6 Å². The molecule has 1 unspecified atom stereocenters. The Bertz CT molecular complexity index is 210. The quantitative estimate of drug-likeness (QED) is 0.782. The van der Waals surface area contributed by atoms with E-state index in [1.165, 1.54) is 32.1 Å². The highest BCUT2D eigenvalue weighted by Crippen LogP contribution is 2.22. The van der Waals surface area contributed by atoms with E-state index in [-0.39, 0.29) is 6.04 Å². The first-order chi connectivity index (χ1) is 7.61. The van der Waals surface area contributed by atoms with E-state index in [1.807, 2.05) is 18.9 Å². The lowest BCUT2D eigenvalue weighted by Crippen LogP contribution is -2.38. The normalized spacial score (nSPS) is 19.4. The Labute approximate surface area is 99.4 Å². The highest BCUT2D eigenvalue weighted by Gasteiger charge is 2.21. The largest absolute Gasteiger partial charge is 0.343 e. The lowest BCUT2D eigenvalue weighted by Gasteiger charge is -2.31. The van der Waals surface area contributed by atoms with E-state index in [9.17, 15) is 4.79 Å². The van der Waals surface area contributed by atoms with Gasteiger partial charge in [0, 0.05) is 25.6 Å². The summed E-state index contributed by atoms with van der Waals surface area (Å²) in [6, 6.07) is 0.712. The molecule has 0 aromatic carbocycles. The zero-order chi connectivity index (χ0) is 12.0. The average Bonchev–Trinajstić information content (AvgIpc) is 2.28. The molecule has 3 nitrogen and oxygen atoms in total. The molecule has 2 N–H and O–H groups in total. The Morgan fingerprint density at radius 3 is 2.56 bits per heavy atom. The van der Waals surface area contributed by atoms with Crippen molar-refractivity contribution in [1.29, 1.82) is 0 Å². The summed E-state index contributed by atoms with van der Waals surface area (Å²) in [7, 11) is 1.96. The first-order valence-corrected chi connectivity index (χ1v) is 6.62. The van der Waals surface area contributed by atoms with Crippen LogP contribution in [-0.4, -0.2) is 29.9 Å². The van der Waals surface area contributed by atoms with E-state index in [0.717, 1.165) is 12.8 Å². The maximum atomic E-state index is 11.9. The van der Waals surface area contributed by atoms with E-state index >= 15 is 0 Å². The van der Waals surface area contributed by atoms with Gasteiger partial charge in [0.1, 0.15) is 0 Å². The van der Waals surface area contributed by atoms with Crippen molar-refractivity contribution in [2.45, 2.75) is 70.4 Å². The van der Waals surface area contributed by atoms with Gasteiger partial charge in [0.05, 0.1) is 0 Å². The third-order valence-electron chi connectivity index (χ3n) is 3.57. The summed E-state index contributed by atoms with van der Waals surface area (Å²) in [6.45, 7) is 2.00. The maximum absolute atomic E-state index is 11.9. The number of hydrogen-bond donors (Lipinski definition) is 1. The number of rotatable bonds is 5. The lowest BCUT2D eigenvalue weighted by molar-refractivity contribution is -0.132. The fraction of sp³-hybridized carbons (Fsp3) is 0.923. The molecule has 0 radical (unpaired) electrons. The van der Waals surface area contributed by atoms with Crippen LogP contribution >= 0.6 is 0 Å². The highest BCUT2D eigenvalue weighted by molar-refractivity contribution is 5.76. The zero-order valence-electron chi connectivity index (χ0n) is 10.7. The molecule has 0 aliphatic heterocycles.